The zero-order valence-electron chi connectivity index (χ0n) is 10.5. The lowest BCUT2D eigenvalue weighted by Crippen LogP contribution is -1.86. The molecule has 15 heavy (non-hydrogen) atoms. The summed E-state index contributed by atoms with van der Waals surface area (Å²) in [4.78, 5) is 4.48. The molecule has 1 aromatic rings. The quantitative estimate of drug-likeness (QED) is 0.470. The molecule has 0 radical (unpaired) electrons. The number of nitrogens with zero attached hydrogens (tertiary/aromatic N) is 1. The summed E-state index contributed by atoms with van der Waals surface area (Å²) in [7, 11) is 0. The fourth-order valence-electron chi connectivity index (χ4n) is 1.31. The van der Waals surface area contributed by atoms with E-state index in [1.54, 1.807) is 0 Å². The van der Waals surface area contributed by atoms with Crippen LogP contribution in [0.5, 0.6) is 0 Å². The van der Waals surface area contributed by atoms with E-state index in [1.165, 1.54) is 16.7 Å². The molecule has 1 aromatic carbocycles. The van der Waals surface area contributed by atoms with E-state index in [2.05, 4.69) is 51.1 Å². The summed E-state index contributed by atoms with van der Waals surface area (Å²) in [5.74, 6) is 0. The summed E-state index contributed by atoms with van der Waals surface area (Å²) in [5, 5.41) is 0. The van der Waals surface area contributed by atoms with Gasteiger partial charge in [-0.2, -0.15) is 0 Å². The molecule has 1 heteroatoms. The van der Waals surface area contributed by atoms with Crippen molar-refractivity contribution < 1.29 is 0 Å². The Morgan fingerprint density at radius 3 is 1.87 bits per heavy atom. The zero-order chi connectivity index (χ0) is 12.0. The minimum Gasteiger partial charge on any atom is -0.258 e. The van der Waals surface area contributed by atoms with Crippen molar-refractivity contribution in [2.24, 2.45) is 4.99 Å². The summed E-state index contributed by atoms with van der Waals surface area (Å²) in [6.07, 6.45) is 0. The SMILES string of the molecule is C=C.CC(C)=Nc1cc(C)c(C)cc1C. The van der Waals surface area contributed by atoms with E-state index in [4.69, 9.17) is 0 Å². The lowest BCUT2D eigenvalue weighted by atomic mass is 10.1. The fourth-order valence-corrected chi connectivity index (χ4v) is 1.31. The summed E-state index contributed by atoms with van der Waals surface area (Å²) >= 11 is 0. The number of benzene rings is 1. The van der Waals surface area contributed by atoms with Gasteiger partial charge in [0.1, 0.15) is 0 Å². The van der Waals surface area contributed by atoms with E-state index in [1.807, 2.05) is 13.8 Å². The second-order valence-corrected chi connectivity index (χ2v) is 3.78. The van der Waals surface area contributed by atoms with Gasteiger partial charge in [-0.1, -0.05) is 6.07 Å². The van der Waals surface area contributed by atoms with Gasteiger partial charge in [-0.3, -0.25) is 4.99 Å². The van der Waals surface area contributed by atoms with E-state index < -0.39 is 0 Å². The Kier molecular flexibility index (Phi) is 5.61. The summed E-state index contributed by atoms with van der Waals surface area (Å²) < 4.78 is 0. The lowest BCUT2D eigenvalue weighted by Gasteiger charge is -2.05. The number of aliphatic imine (C=N–C) groups is 1. The predicted molar refractivity (Wildman–Crippen MR) is 70.4 cm³/mol. The standard InChI is InChI=1S/C12H17N.C2H4/c1-8(2)13-12-7-10(4)9(3)6-11(12)5;1-2/h6-7H,1-5H3;1-2H2. The van der Waals surface area contributed by atoms with Crippen LogP contribution in [0.3, 0.4) is 0 Å². The average Bonchev–Trinajstić information content (AvgIpc) is 2.17. The van der Waals surface area contributed by atoms with Gasteiger partial charge in [-0.05, 0) is 57.4 Å². The maximum absolute atomic E-state index is 4.48. The van der Waals surface area contributed by atoms with Crippen LogP contribution < -0.4 is 0 Å². The highest BCUT2D eigenvalue weighted by Crippen LogP contribution is 2.22. The van der Waals surface area contributed by atoms with Gasteiger partial charge < -0.3 is 0 Å². The van der Waals surface area contributed by atoms with E-state index in [0.717, 1.165) is 11.4 Å². The van der Waals surface area contributed by atoms with E-state index in [-0.39, 0.29) is 0 Å². The minimum absolute atomic E-state index is 1.10. The smallest absolute Gasteiger partial charge is 0.0660 e. The molecule has 82 valence electrons. The average molecular weight is 203 g/mol. The number of rotatable bonds is 1. The van der Waals surface area contributed by atoms with Crippen molar-refractivity contribution in [2.75, 3.05) is 0 Å². The first-order chi connectivity index (χ1) is 7.00. The minimum atomic E-state index is 1.10. The van der Waals surface area contributed by atoms with Gasteiger partial charge in [0.05, 0.1) is 5.69 Å². The van der Waals surface area contributed by atoms with Crippen molar-refractivity contribution in [3.63, 3.8) is 0 Å². The highest BCUT2D eigenvalue weighted by atomic mass is 14.7. The Hall–Kier alpha value is -1.37. The molecule has 0 fully saturated rings. The van der Waals surface area contributed by atoms with Crippen LogP contribution in [0.15, 0.2) is 30.3 Å². The van der Waals surface area contributed by atoms with Crippen molar-refractivity contribution in [3.05, 3.63) is 42.0 Å². The molecule has 0 aliphatic rings. The van der Waals surface area contributed by atoms with Gasteiger partial charge in [0.2, 0.25) is 0 Å². The molecule has 1 rings (SSSR count). The molecular weight excluding hydrogens is 182 g/mol. The third-order valence-electron chi connectivity index (χ3n) is 2.16. The summed E-state index contributed by atoms with van der Waals surface area (Å²) in [5.41, 5.74) is 6.11. The molecule has 0 unspecified atom stereocenters. The molecule has 0 amide bonds. The van der Waals surface area contributed by atoms with Crippen LogP contribution >= 0.6 is 0 Å². The maximum atomic E-state index is 4.48. The normalized spacial score (nSPS) is 8.87. The molecule has 0 atom stereocenters. The van der Waals surface area contributed by atoms with Crippen molar-refractivity contribution in [1.29, 1.82) is 0 Å². The third kappa shape index (κ3) is 4.11. The highest BCUT2D eigenvalue weighted by molar-refractivity contribution is 5.82. The van der Waals surface area contributed by atoms with Gasteiger partial charge in [-0.25, -0.2) is 0 Å². The summed E-state index contributed by atoms with van der Waals surface area (Å²) in [6.45, 7) is 16.4. The van der Waals surface area contributed by atoms with Crippen LogP contribution in [-0.4, -0.2) is 5.71 Å². The monoisotopic (exact) mass is 203 g/mol. The third-order valence-corrected chi connectivity index (χ3v) is 2.16. The predicted octanol–water partition coefficient (Wildman–Crippen LogP) is 4.53. The van der Waals surface area contributed by atoms with Gasteiger partial charge >= 0.3 is 0 Å². The van der Waals surface area contributed by atoms with E-state index >= 15 is 0 Å². The van der Waals surface area contributed by atoms with Crippen LogP contribution in [0.4, 0.5) is 5.69 Å². The maximum Gasteiger partial charge on any atom is 0.0660 e. The molecule has 0 aliphatic heterocycles. The van der Waals surface area contributed by atoms with Gasteiger partial charge in [0.15, 0.2) is 0 Å². The molecule has 0 saturated heterocycles. The van der Waals surface area contributed by atoms with Crippen molar-refractivity contribution in [2.45, 2.75) is 34.6 Å². The first-order valence-corrected chi connectivity index (χ1v) is 5.10. The number of hydrogen-bond acceptors (Lipinski definition) is 1. The first kappa shape index (κ1) is 13.6. The Morgan fingerprint density at radius 1 is 0.933 bits per heavy atom. The Bertz CT molecular complexity index is 358. The highest BCUT2D eigenvalue weighted by Gasteiger charge is 1.99. The van der Waals surface area contributed by atoms with E-state index in [9.17, 15) is 0 Å². The molecule has 0 N–H and O–H groups in total. The fraction of sp³-hybridized carbons (Fsp3) is 0.357. The number of hydrogen-bond donors (Lipinski definition) is 0. The largest absolute Gasteiger partial charge is 0.258 e. The lowest BCUT2D eigenvalue weighted by molar-refractivity contribution is 1.27. The topological polar surface area (TPSA) is 12.4 Å². The molecule has 0 spiro atoms. The van der Waals surface area contributed by atoms with Gasteiger partial charge in [0, 0.05) is 5.71 Å². The van der Waals surface area contributed by atoms with Crippen molar-refractivity contribution >= 4 is 11.4 Å². The summed E-state index contributed by atoms with van der Waals surface area (Å²) in [6, 6.07) is 4.34. The Labute approximate surface area is 93.6 Å². The van der Waals surface area contributed by atoms with Crippen molar-refractivity contribution in [1.82, 2.24) is 0 Å². The zero-order valence-corrected chi connectivity index (χ0v) is 10.5. The first-order valence-electron chi connectivity index (χ1n) is 5.10. The second kappa shape index (κ2) is 6.18. The van der Waals surface area contributed by atoms with Gasteiger partial charge in [-0.15, -0.1) is 13.2 Å². The Balaban J connectivity index is 0.000000921. The van der Waals surface area contributed by atoms with E-state index in [0.29, 0.717) is 0 Å². The molecular formula is C14H21N. The van der Waals surface area contributed by atoms with Crippen LogP contribution in [-0.2, 0) is 0 Å². The molecule has 0 aromatic heterocycles. The molecule has 0 aliphatic carbocycles. The second-order valence-electron chi connectivity index (χ2n) is 3.78. The van der Waals surface area contributed by atoms with Crippen molar-refractivity contribution in [3.8, 4) is 0 Å². The Morgan fingerprint density at radius 2 is 1.40 bits per heavy atom. The van der Waals surface area contributed by atoms with Crippen LogP contribution in [0, 0.1) is 20.8 Å². The molecule has 0 bridgehead atoms. The van der Waals surface area contributed by atoms with Crippen LogP contribution in [0.2, 0.25) is 0 Å². The van der Waals surface area contributed by atoms with Gasteiger partial charge in [0.25, 0.3) is 0 Å². The van der Waals surface area contributed by atoms with Crippen LogP contribution in [0.25, 0.3) is 0 Å². The van der Waals surface area contributed by atoms with Crippen LogP contribution in [0.1, 0.15) is 30.5 Å². The molecule has 0 heterocycles. The molecule has 1 nitrogen and oxygen atoms in total. The number of aryl methyl sites for hydroxylation is 3. The molecule has 0 saturated carbocycles.